The Labute approximate surface area is 229 Å². The first-order chi connectivity index (χ1) is 18.6. The van der Waals surface area contributed by atoms with Crippen molar-refractivity contribution in [2.24, 2.45) is 0 Å². The van der Waals surface area contributed by atoms with Gasteiger partial charge in [0, 0.05) is 0 Å². The van der Waals surface area contributed by atoms with Gasteiger partial charge in [-0.15, -0.1) is 0 Å². The zero-order valence-electron chi connectivity index (χ0n) is 23.5. The fraction of sp³-hybridized carbons (Fsp3) is 0.263. The van der Waals surface area contributed by atoms with Crippen LogP contribution in [0, 0.1) is 0 Å². The van der Waals surface area contributed by atoms with E-state index in [0.29, 0.717) is 0 Å². The third-order valence-corrected chi connectivity index (χ3v) is 8.08. The maximum absolute atomic E-state index is 2.35. The number of allylic oxidation sites excluding steroid dienone is 4. The second kappa shape index (κ2) is 11.8. The highest BCUT2D eigenvalue weighted by atomic mass is 14.3. The van der Waals surface area contributed by atoms with Crippen LogP contribution in [0.1, 0.15) is 86.8 Å². The van der Waals surface area contributed by atoms with E-state index in [1.54, 1.807) is 0 Å². The van der Waals surface area contributed by atoms with Gasteiger partial charge >= 0.3 is 0 Å². The van der Waals surface area contributed by atoms with Crippen LogP contribution in [-0.2, 0) is 12.8 Å². The van der Waals surface area contributed by atoms with Gasteiger partial charge < -0.3 is 0 Å². The largest absolute Gasteiger partial charge is 0.0654 e. The molecular weight excluding hydrogens is 456 g/mol. The standard InChI is InChI=1S/C38H40/c1-5-7-13-29-19-23-31(24-20-29)37-27(3)33-15-9-11-17-35(33)36-18-12-10-16-34(36)28(4)38(37)32-25-21-30(22-26-32)14-8-6-2/h9-12,15-26H,5-8,13-14H2,1-4H3/b33-27?,34-28?,36-35?,37-27-,38-28-,38-37?. The van der Waals surface area contributed by atoms with Crippen LogP contribution in [0.25, 0.3) is 33.4 Å². The lowest BCUT2D eigenvalue weighted by atomic mass is 9.77. The molecule has 0 heteroatoms. The molecule has 0 unspecified atom stereocenters. The van der Waals surface area contributed by atoms with E-state index in [9.17, 15) is 0 Å². The van der Waals surface area contributed by atoms with E-state index in [0.717, 1.165) is 12.8 Å². The summed E-state index contributed by atoms with van der Waals surface area (Å²) in [5, 5.41) is 0. The minimum atomic E-state index is 1.14. The van der Waals surface area contributed by atoms with Crippen LogP contribution in [0.3, 0.4) is 0 Å². The lowest BCUT2D eigenvalue weighted by Crippen LogP contribution is -2.03. The summed E-state index contributed by atoms with van der Waals surface area (Å²) in [5.74, 6) is 0. The summed E-state index contributed by atoms with van der Waals surface area (Å²) in [6, 6.07) is 36.6. The average Bonchev–Trinajstić information content (AvgIpc) is 2.97. The monoisotopic (exact) mass is 496 g/mol. The molecule has 0 spiro atoms. The molecular formula is C38H40. The second-order valence-corrected chi connectivity index (χ2v) is 10.7. The molecule has 0 amide bonds. The summed E-state index contributed by atoms with van der Waals surface area (Å²) >= 11 is 0. The van der Waals surface area contributed by atoms with Crippen LogP contribution in [0.5, 0.6) is 0 Å². The Morgan fingerprint density at radius 3 is 1.11 bits per heavy atom. The van der Waals surface area contributed by atoms with Gasteiger partial charge in [0.15, 0.2) is 0 Å². The first-order valence-electron chi connectivity index (χ1n) is 14.4. The molecule has 0 aliphatic heterocycles. The molecule has 0 saturated heterocycles. The molecule has 38 heavy (non-hydrogen) atoms. The van der Waals surface area contributed by atoms with Crippen molar-refractivity contribution in [3.63, 3.8) is 0 Å². The van der Waals surface area contributed by atoms with Gasteiger partial charge in [-0.05, 0) is 106 Å². The van der Waals surface area contributed by atoms with Gasteiger partial charge in [0.1, 0.15) is 0 Å². The third-order valence-electron chi connectivity index (χ3n) is 8.08. The number of benzene rings is 4. The Bertz CT molecular complexity index is 1340. The Morgan fingerprint density at radius 2 is 0.763 bits per heavy atom. The normalized spacial score (nSPS) is 16.9. The Kier molecular flexibility index (Phi) is 8.08. The van der Waals surface area contributed by atoms with Gasteiger partial charge in [-0.3, -0.25) is 0 Å². The zero-order valence-corrected chi connectivity index (χ0v) is 23.5. The van der Waals surface area contributed by atoms with Gasteiger partial charge in [-0.1, -0.05) is 124 Å². The molecule has 0 aromatic heterocycles. The molecule has 1 aliphatic carbocycles. The van der Waals surface area contributed by atoms with Crippen molar-refractivity contribution in [1.29, 1.82) is 0 Å². The highest BCUT2D eigenvalue weighted by Gasteiger charge is 2.24. The number of hydrogen-bond acceptors (Lipinski definition) is 0. The van der Waals surface area contributed by atoms with Gasteiger partial charge in [0.05, 0.1) is 0 Å². The number of unbranched alkanes of at least 4 members (excludes halogenated alkanes) is 2. The Morgan fingerprint density at radius 1 is 0.421 bits per heavy atom. The second-order valence-electron chi connectivity index (χ2n) is 10.7. The molecule has 5 rings (SSSR count). The number of aryl methyl sites for hydroxylation is 2. The predicted octanol–water partition coefficient (Wildman–Crippen LogP) is 10.9. The van der Waals surface area contributed by atoms with Crippen LogP contribution in [-0.4, -0.2) is 0 Å². The third kappa shape index (κ3) is 5.18. The molecule has 0 saturated carbocycles. The van der Waals surface area contributed by atoms with Crippen molar-refractivity contribution in [3.05, 3.63) is 130 Å². The van der Waals surface area contributed by atoms with Crippen molar-refractivity contribution in [3.8, 4) is 11.1 Å². The van der Waals surface area contributed by atoms with Crippen molar-refractivity contribution in [2.45, 2.75) is 66.2 Å². The average molecular weight is 497 g/mol. The maximum atomic E-state index is 2.35. The van der Waals surface area contributed by atoms with Gasteiger partial charge in [0.2, 0.25) is 0 Å². The maximum Gasteiger partial charge on any atom is -0.00670 e. The lowest BCUT2D eigenvalue weighted by Gasteiger charge is -2.26. The van der Waals surface area contributed by atoms with Crippen LogP contribution < -0.4 is 0 Å². The van der Waals surface area contributed by atoms with Gasteiger partial charge in [0.25, 0.3) is 0 Å². The molecule has 0 bridgehead atoms. The van der Waals surface area contributed by atoms with E-state index in [1.165, 1.54) is 92.5 Å². The first-order valence-corrected chi connectivity index (χ1v) is 14.4. The lowest BCUT2D eigenvalue weighted by molar-refractivity contribution is 0.795. The molecule has 0 N–H and O–H groups in total. The van der Waals surface area contributed by atoms with Crippen LogP contribution in [0.15, 0.2) is 97.1 Å². The van der Waals surface area contributed by atoms with Crippen LogP contribution >= 0.6 is 0 Å². The molecule has 0 nitrogen and oxygen atoms in total. The highest BCUT2D eigenvalue weighted by molar-refractivity contribution is 6.23. The number of hydrogen-bond donors (Lipinski definition) is 0. The van der Waals surface area contributed by atoms with Crippen molar-refractivity contribution in [1.82, 2.24) is 0 Å². The fourth-order valence-corrected chi connectivity index (χ4v) is 5.89. The Hall–Kier alpha value is -3.64. The van der Waals surface area contributed by atoms with Crippen LogP contribution in [0.4, 0.5) is 0 Å². The van der Waals surface area contributed by atoms with Crippen molar-refractivity contribution >= 4 is 22.3 Å². The van der Waals surface area contributed by atoms with Crippen LogP contribution in [0.2, 0.25) is 0 Å². The summed E-state index contributed by atoms with van der Waals surface area (Å²) in [4.78, 5) is 0. The number of fused-ring (bicyclic) bond motifs is 3. The Balaban J connectivity index is 1.77. The molecule has 4 aromatic rings. The molecule has 0 heterocycles. The summed E-state index contributed by atoms with van der Waals surface area (Å²) in [6.07, 6.45) is 7.21. The number of rotatable bonds is 8. The van der Waals surface area contributed by atoms with E-state index in [1.807, 2.05) is 0 Å². The van der Waals surface area contributed by atoms with Crippen molar-refractivity contribution in [2.75, 3.05) is 0 Å². The fourth-order valence-electron chi connectivity index (χ4n) is 5.89. The topological polar surface area (TPSA) is 0 Å². The van der Waals surface area contributed by atoms with E-state index >= 15 is 0 Å². The van der Waals surface area contributed by atoms with Gasteiger partial charge in [-0.25, -0.2) is 0 Å². The van der Waals surface area contributed by atoms with Gasteiger partial charge in [-0.2, -0.15) is 0 Å². The van der Waals surface area contributed by atoms with Crippen molar-refractivity contribution < 1.29 is 0 Å². The molecule has 0 fully saturated rings. The van der Waals surface area contributed by atoms with E-state index in [-0.39, 0.29) is 0 Å². The molecule has 0 radical (unpaired) electrons. The predicted molar refractivity (Wildman–Crippen MR) is 167 cm³/mol. The summed E-state index contributed by atoms with van der Waals surface area (Å²) in [5.41, 5.74) is 16.0. The molecule has 4 aromatic carbocycles. The SMILES string of the molecule is CCCCc1ccc(C2=C(\C)c3ccccc3-c3ccccc3/C(C)=C\2c2ccc(CCCC)cc2)cc1. The molecule has 0 atom stereocenters. The van der Waals surface area contributed by atoms with E-state index in [4.69, 9.17) is 0 Å². The molecule has 1 aliphatic rings. The summed E-state index contributed by atoms with van der Waals surface area (Å²) in [6.45, 7) is 9.16. The van der Waals surface area contributed by atoms with E-state index < -0.39 is 0 Å². The zero-order chi connectivity index (χ0) is 26.5. The smallest absolute Gasteiger partial charge is 0.00670 e. The first kappa shape index (κ1) is 26.0. The molecule has 192 valence electrons. The summed E-state index contributed by atoms with van der Waals surface area (Å²) in [7, 11) is 0. The summed E-state index contributed by atoms with van der Waals surface area (Å²) < 4.78 is 0. The quantitative estimate of drug-likeness (QED) is 0.227. The van der Waals surface area contributed by atoms with E-state index in [2.05, 4.69) is 125 Å². The highest BCUT2D eigenvalue weighted by Crippen LogP contribution is 2.47. The minimum absolute atomic E-state index is 1.14. The minimum Gasteiger partial charge on any atom is -0.0654 e.